The van der Waals surface area contributed by atoms with Crippen molar-refractivity contribution >= 4 is 27.5 Å². The van der Waals surface area contributed by atoms with Crippen molar-refractivity contribution in [3.05, 3.63) is 40.8 Å². The maximum Gasteiger partial charge on any atom is 0.344 e. The Morgan fingerprint density at radius 2 is 1.96 bits per heavy atom. The van der Waals surface area contributed by atoms with E-state index in [0.717, 1.165) is 6.20 Å². The predicted molar refractivity (Wildman–Crippen MR) is 87.5 cm³/mol. The van der Waals surface area contributed by atoms with Crippen molar-refractivity contribution in [3.63, 3.8) is 0 Å². The summed E-state index contributed by atoms with van der Waals surface area (Å²) >= 11 is 5.97. The second-order valence-corrected chi connectivity index (χ2v) is 7.28. The van der Waals surface area contributed by atoms with Gasteiger partial charge in [-0.3, -0.25) is 0 Å². The molecule has 0 bridgehead atoms. The molecule has 0 saturated heterocycles. The summed E-state index contributed by atoms with van der Waals surface area (Å²) in [5, 5.41) is 2.81. The molecule has 0 unspecified atom stereocenters. The molecule has 1 heterocycles. The second kappa shape index (κ2) is 6.90. The fourth-order valence-electron chi connectivity index (χ4n) is 2.31. The lowest BCUT2D eigenvalue weighted by atomic mass is 10.2. The summed E-state index contributed by atoms with van der Waals surface area (Å²) in [4.78, 5) is 13.4. The summed E-state index contributed by atoms with van der Waals surface area (Å²) in [6, 6.07) is 3.94. The molecule has 2 aromatic rings. The zero-order valence-corrected chi connectivity index (χ0v) is 15.0. The van der Waals surface area contributed by atoms with Crippen LogP contribution in [-0.2, 0) is 9.84 Å². The molecule has 0 radical (unpaired) electrons. The minimum Gasteiger partial charge on any atom is -0.323 e. The van der Waals surface area contributed by atoms with E-state index in [1.54, 1.807) is 32.9 Å². The molecule has 0 spiro atoms. The van der Waals surface area contributed by atoms with Crippen molar-refractivity contribution in [2.75, 3.05) is 13.1 Å². The van der Waals surface area contributed by atoms with Crippen LogP contribution in [0.25, 0.3) is 0 Å². The number of aromatic nitrogens is 2. The normalized spacial score (nSPS) is 11.5. The highest BCUT2D eigenvalue weighted by molar-refractivity contribution is 7.91. The first-order chi connectivity index (χ1) is 11.2. The van der Waals surface area contributed by atoms with E-state index in [-0.39, 0.29) is 9.92 Å². The number of carbonyl (C=O) groups excluding carboxylic acids is 1. The van der Waals surface area contributed by atoms with Gasteiger partial charge >= 0.3 is 6.03 Å². The molecule has 9 heteroatoms. The molecule has 0 aliphatic rings. The molecule has 1 aromatic heterocycles. The minimum atomic E-state index is -4.29. The molecule has 24 heavy (non-hydrogen) atoms. The molecule has 2 rings (SSSR count). The molecule has 6 nitrogen and oxygen atoms in total. The van der Waals surface area contributed by atoms with E-state index in [2.05, 4.69) is 5.10 Å². The van der Waals surface area contributed by atoms with Crippen LogP contribution in [0, 0.1) is 12.7 Å². The molecule has 0 atom stereocenters. The summed E-state index contributed by atoms with van der Waals surface area (Å²) in [7, 11) is -4.29. The lowest BCUT2D eigenvalue weighted by molar-refractivity contribution is 0.201. The van der Waals surface area contributed by atoms with Crippen LogP contribution in [0.15, 0.2) is 34.3 Å². The Morgan fingerprint density at radius 1 is 1.33 bits per heavy atom. The van der Waals surface area contributed by atoms with E-state index >= 15 is 0 Å². The van der Waals surface area contributed by atoms with Crippen LogP contribution in [0.3, 0.4) is 0 Å². The Kier molecular flexibility index (Phi) is 5.29. The van der Waals surface area contributed by atoms with Crippen molar-refractivity contribution in [2.24, 2.45) is 0 Å². The van der Waals surface area contributed by atoms with Gasteiger partial charge in [0, 0.05) is 13.1 Å². The van der Waals surface area contributed by atoms with E-state index in [1.165, 1.54) is 11.0 Å². The van der Waals surface area contributed by atoms with Crippen molar-refractivity contribution in [2.45, 2.75) is 30.7 Å². The molecule has 1 amide bonds. The Labute approximate surface area is 144 Å². The van der Waals surface area contributed by atoms with Gasteiger partial charge in [-0.15, -0.1) is 5.10 Å². The first-order valence-corrected chi connectivity index (χ1v) is 9.14. The van der Waals surface area contributed by atoms with Crippen LogP contribution in [0.1, 0.15) is 19.4 Å². The Bertz CT molecular complexity index is 856. The highest BCUT2D eigenvalue weighted by Gasteiger charge is 2.31. The van der Waals surface area contributed by atoms with E-state index in [4.69, 9.17) is 11.6 Å². The fourth-order valence-corrected chi connectivity index (χ4v) is 4.35. The molecule has 0 fully saturated rings. The number of halogens is 2. The Hall–Kier alpha value is -1.93. The van der Waals surface area contributed by atoms with Crippen molar-refractivity contribution in [1.29, 1.82) is 0 Å². The minimum absolute atomic E-state index is 0.0287. The molecule has 0 N–H and O–H groups in total. The van der Waals surface area contributed by atoms with E-state index in [0.29, 0.717) is 23.3 Å². The molecule has 0 saturated carbocycles. The maximum atomic E-state index is 14.2. The Morgan fingerprint density at radius 3 is 2.50 bits per heavy atom. The van der Waals surface area contributed by atoms with Gasteiger partial charge in [0.15, 0.2) is 5.82 Å². The van der Waals surface area contributed by atoms with Crippen molar-refractivity contribution in [3.8, 4) is 0 Å². The number of nitrogens with zero attached hydrogens (tertiary/aromatic N) is 3. The molecule has 1 aromatic carbocycles. The third-order valence-corrected chi connectivity index (χ3v) is 5.85. The topological polar surface area (TPSA) is 72.3 Å². The molecular formula is C15H17ClFN3O3S. The lowest BCUT2D eigenvalue weighted by Crippen LogP contribution is -2.34. The van der Waals surface area contributed by atoms with Gasteiger partial charge in [-0.05, 0) is 32.4 Å². The molecule has 130 valence electrons. The van der Waals surface area contributed by atoms with E-state index in [9.17, 15) is 17.6 Å². The maximum absolute atomic E-state index is 14.2. The summed E-state index contributed by atoms with van der Waals surface area (Å²) in [6.45, 7) is 5.85. The number of benzene rings is 1. The highest BCUT2D eigenvalue weighted by Crippen LogP contribution is 2.30. The number of rotatable bonds is 4. The van der Waals surface area contributed by atoms with Crippen LogP contribution >= 0.6 is 11.6 Å². The third-order valence-electron chi connectivity index (χ3n) is 3.56. The zero-order chi connectivity index (χ0) is 18.1. The van der Waals surface area contributed by atoms with Gasteiger partial charge in [0.2, 0.25) is 14.9 Å². The average Bonchev–Trinajstić information content (AvgIpc) is 2.90. The van der Waals surface area contributed by atoms with Gasteiger partial charge in [0.25, 0.3) is 0 Å². The quantitative estimate of drug-likeness (QED) is 0.825. The highest BCUT2D eigenvalue weighted by atomic mass is 35.5. The average molecular weight is 374 g/mol. The second-order valence-electron chi connectivity index (χ2n) is 5.07. The number of sulfone groups is 1. The van der Waals surface area contributed by atoms with E-state index < -0.39 is 26.7 Å². The summed E-state index contributed by atoms with van der Waals surface area (Å²) in [6.07, 6.45) is 0.764. The number of carbonyl (C=O) groups is 1. The number of hydrogen-bond donors (Lipinski definition) is 0. The van der Waals surface area contributed by atoms with Crippen LogP contribution in [0.2, 0.25) is 5.02 Å². The standard InChI is InChI=1S/C15H17ClFN3O3S/c1-4-19(5-2)15(21)20-9-12(17)14(18-20)24(22,23)13-10(3)7-6-8-11(13)16/h6-9H,4-5H2,1-3H3. The molecule has 0 aliphatic heterocycles. The van der Waals surface area contributed by atoms with E-state index in [1.807, 2.05) is 0 Å². The molecule has 0 aliphatic carbocycles. The van der Waals surface area contributed by atoms with Gasteiger partial charge in [-0.25, -0.2) is 17.6 Å². The predicted octanol–water partition coefficient (Wildman–Crippen LogP) is 3.13. The van der Waals surface area contributed by atoms with Crippen molar-refractivity contribution in [1.82, 2.24) is 14.7 Å². The van der Waals surface area contributed by atoms with Gasteiger partial charge < -0.3 is 4.90 Å². The smallest absolute Gasteiger partial charge is 0.323 e. The van der Waals surface area contributed by atoms with Crippen LogP contribution in [-0.4, -0.2) is 42.2 Å². The van der Waals surface area contributed by atoms with Gasteiger partial charge in [-0.1, -0.05) is 23.7 Å². The Balaban J connectivity index is 2.56. The van der Waals surface area contributed by atoms with Gasteiger partial charge in [-0.2, -0.15) is 4.68 Å². The monoisotopic (exact) mass is 373 g/mol. The number of amides is 1. The molecular weight excluding hydrogens is 357 g/mol. The van der Waals surface area contributed by atoms with Crippen LogP contribution in [0.4, 0.5) is 9.18 Å². The first kappa shape index (κ1) is 18.4. The van der Waals surface area contributed by atoms with Gasteiger partial charge in [0.1, 0.15) is 0 Å². The largest absolute Gasteiger partial charge is 0.344 e. The zero-order valence-electron chi connectivity index (χ0n) is 13.5. The number of aryl methyl sites for hydroxylation is 1. The summed E-state index contributed by atoms with van der Waals surface area (Å²) < 4.78 is 40.3. The van der Waals surface area contributed by atoms with Crippen molar-refractivity contribution < 1.29 is 17.6 Å². The number of hydrogen-bond acceptors (Lipinski definition) is 4. The van der Waals surface area contributed by atoms with Gasteiger partial charge in [0.05, 0.1) is 16.1 Å². The first-order valence-electron chi connectivity index (χ1n) is 7.28. The SMILES string of the molecule is CCN(CC)C(=O)n1cc(F)c(S(=O)(=O)c2c(C)cccc2Cl)n1. The lowest BCUT2D eigenvalue weighted by Gasteiger charge is -2.17. The fraction of sp³-hybridized carbons (Fsp3) is 0.333. The third kappa shape index (κ3) is 3.16. The summed E-state index contributed by atoms with van der Waals surface area (Å²) in [5.41, 5.74) is 0.367. The van der Waals surface area contributed by atoms with Crippen LogP contribution in [0.5, 0.6) is 0 Å². The van der Waals surface area contributed by atoms with Crippen LogP contribution < -0.4 is 0 Å². The summed E-state index contributed by atoms with van der Waals surface area (Å²) in [5.74, 6) is -1.10.